The van der Waals surface area contributed by atoms with Gasteiger partial charge in [0.1, 0.15) is 11.5 Å². The fraction of sp³-hybridized carbons (Fsp3) is 0.207. The number of esters is 1. The van der Waals surface area contributed by atoms with Gasteiger partial charge in [0.25, 0.3) is 5.56 Å². The maximum absolute atomic E-state index is 13.8. The van der Waals surface area contributed by atoms with Crippen LogP contribution in [-0.4, -0.2) is 31.2 Å². The van der Waals surface area contributed by atoms with Crippen LogP contribution < -0.4 is 19.8 Å². The first-order valence-corrected chi connectivity index (χ1v) is 13.7. The number of halogens is 1. The Kier molecular flexibility index (Phi) is 7.23. The lowest BCUT2D eigenvalue weighted by molar-refractivity contribution is -0.139. The Bertz CT molecular complexity index is 1710. The lowest BCUT2D eigenvalue weighted by Gasteiger charge is -2.25. The van der Waals surface area contributed by atoms with Crippen molar-refractivity contribution in [1.82, 2.24) is 4.57 Å². The Morgan fingerprint density at radius 3 is 2.50 bits per heavy atom. The summed E-state index contributed by atoms with van der Waals surface area (Å²) in [4.78, 5) is 34.0. The first kappa shape index (κ1) is 25.9. The molecular formula is C29H26BrN3O4S. The average molecular weight is 593 g/mol. The van der Waals surface area contributed by atoms with Crippen molar-refractivity contribution in [2.24, 2.45) is 4.99 Å². The Morgan fingerprint density at radius 2 is 1.84 bits per heavy atom. The van der Waals surface area contributed by atoms with E-state index in [1.165, 1.54) is 11.3 Å². The maximum atomic E-state index is 13.8. The largest absolute Gasteiger partial charge is 0.463 e. The third-order valence-corrected chi connectivity index (χ3v) is 7.78. The Balaban J connectivity index is 1.62. The second-order valence-electron chi connectivity index (χ2n) is 9.00. The van der Waals surface area contributed by atoms with E-state index in [1.54, 1.807) is 24.5 Å². The molecule has 1 atom stereocenters. The van der Waals surface area contributed by atoms with E-state index in [4.69, 9.17) is 9.15 Å². The van der Waals surface area contributed by atoms with Gasteiger partial charge in [0.15, 0.2) is 4.80 Å². The Morgan fingerprint density at radius 1 is 1.13 bits per heavy atom. The minimum atomic E-state index is -0.654. The van der Waals surface area contributed by atoms with Crippen LogP contribution in [0.5, 0.6) is 0 Å². The molecule has 0 saturated heterocycles. The zero-order valence-electron chi connectivity index (χ0n) is 21.4. The normalized spacial score (nSPS) is 15.3. The highest BCUT2D eigenvalue weighted by Crippen LogP contribution is 2.31. The van der Waals surface area contributed by atoms with Crippen LogP contribution in [0.1, 0.15) is 31.2 Å². The number of rotatable bonds is 6. The van der Waals surface area contributed by atoms with Gasteiger partial charge in [-0.25, -0.2) is 9.79 Å². The fourth-order valence-corrected chi connectivity index (χ4v) is 5.68. The molecule has 2 aromatic carbocycles. The topological polar surface area (TPSA) is 77.0 Å². The SMILES string of the molecule is CCOC(=O)C1=C(C)N=c2sc(=Cc3ccc(-c4ccc(Br)cc4)o3)c(=O)n2[C@@H]1c1ccc(N(C)C)cc1. The van der Waals surface area contributed by atoms with Crippen LogP contribution >= 0.6 is 27.3 Å². The van der Waals surface area contributed by atoms with Gasteiger partial charge in [-0.1, -0.05) is 51.5 Å². The molecule has 7 nitrogen and oxygen atoms in total. The lowest BCUT2D eigenvalue weighted by atomic mass is 9.95. The zero-order chi connectivity index (χ0) is 27.0. The zero-order valence-corrected chi connectivity index (χ0v) is 23.8. The first-order valence-electron chi connectivity index (χ1n) is 12.1. The van der Waals surface area contributed by atoms with Gasteiger partial charge in [0.2, 0.25) is 0 Å². The number of ether oxygens (including phenoxy) is 1. The van der Waals surface area contributed by atoms with Crippen LogP contribution in [0.25, 0.3) is 17.4 Å². The van der Waals surface area contributed by atoms with Gasteiger partial charge in [0, 0.05) is 35.9 Å². The van der Waals surface area contributed by atoms with Gasteiger partial charge >= 0.3 is 5.97 Å². The summed E-state index contributed by atoms with van der Waals surface area (Å²) in [6, 6.07) is 18.7. The van der Waals surface area contributed by atoms with Crippen LogP contribution in [0.4, 0.5) is 5.69 Å². The molecule has 0 unspecified atom stereocenters. The number of carbonyl (C=O) groups excluding carboxylic acids is 1. The van der Waals surface area contributed by atoms with E-state index in [0.717, 1.165) is 21.3 Å². The summed E-state index contributed by atoms with van der Waals surface area (Å²) >= 11 is 4.71. The highest BCUT2D eigenvalue weighted by molar-refractivity contribution is 9.10. The lowest BCUT2D eigenvalue weighted by Crippen LogP contribution is -2.39. The number of thiazole rings is 1. The smallest absolute Gasteiger partial charge is 0.338 e. The van der Waals surface area contributed by atoms with E-state index in [1.807, 2.05) is 79.7 Å². The molecule has 0 spiro atoms. The minimum absolute atomic E-state index is 0.228. The second-order valence-corrected chi connectivity index (χ2v) is 10.9. The van der Waals surface area contributed by atoms with Gasteiger partial charge in [0.05, 0.1) is 28.5 Å². The van der Waals surface area contributed by atoms with Gasteiger partial charge in [-0.3, -0.25) is 9.36 Å². The summed E-state index contributed by atoms with van der Waals surface area (Å²) in [5, 5.41) is 0. The van der Waals surface area contributed by atoms with Gasteiger partial charge in [-0.15, -0.1) is 0 Å². The number of benzene rings is 2. The summed E-state index contributed by atoms with van der Waals surface area (Å²) in [5.41, 5.74) is 3.40. The molecule has 38 heavy (non-hydrogen) atoms. The van der Waals surface area contributed by atoms with Crippen molar-refractivity contribution >= 4 is 45.0 Å². The second kappa shape index (κ2) is 10.6. The van der Waals surface area contributed by atoms with E-state index in [0.29, 0.717) is 32.1 Å². The predicted molar refractivity (Wildman–Crippen MR) is 153 cm³/mol. The molecule has 0 bridgehead atoms. The molecule has 9 heteroatoms. The number of furan rings is 1. The molecule has 0 amide bonds. The summed E-state index contributed by atoms with van der Waals surface area (Å²) in [7, 11) is 3.92. The molecule has 1 aliphatic rings. The standard InChI is InChI=1S/C29H26BrN3O4S/c1-5-36-28(35)25-17(2)31-29-33(26(25)19-8-12-21(13-9-19)32(3)4)27(34)24(38-29)16-22-14-15-23(37-22)18-6-10-20(30)11-7-18/h6-16,26H,5H2,1-4H3/t26-/m1/s1. The Labute approximate surface area is 232 Å². The highest BCUT2D eigenvalue weighted by atomic mass is 79.9. The van der Waals surface area contributed by atoms with Crippen LogP contribution in [0.3, 0.4) is 0 Å². The van der Waals surface area contributed by atoms with Gasteiger partial charge in [-0.05, 0) is 55.8 Å². The van der Waals surface area contributed by atoms with E-state index in [9.17, 15) is 9.59 Å². The summed E-state index contributed by atoms with van der Waals surface area (Å²) in [5.74, 6) is 0.784. The number of aromatic nitrogens is 1. The molecule has 5 rings (SSSR count). The molecule has 4 aromatic rings. The number of fused-ring (bicyclic) bond motifs is 1. The molecule has 3 heterocycles. The molecule has 0 saturated carbocycles. The minimum Gasteiger partial charge on any atom is -0.463 e. The molecule has 194 valence electrons. The number of allylic oxidation sites excluding steroid dienone is 1. The molecule has 2 aromatic heterocycles. The number of anilines is 1. The number of hydrogen-bond donors (Lipinski definition) is 0. The van der Waals surface area contributed by atoms with Gasteiger partial charge in [-0.2, -0.15) is 0 Å². The number of hydrogen-bond acceptors (Lipinski definition) is 7. The third-order valence-electron chi connectivity index (χ3n) is 6.27. The van der Waals surface area contributed by atoms with E-state index in [2.05, 4.69) is 20.9 Å². The van der Waals surface area contributed by atoms with Gasteiger partial charge < -0.3 is 14.1 Å². The predicted octanol–water partition coefficient (Wildman–Crippen LogP) is 4.89. The maximum Gasteiger partial charge on any atom is 0.338 e. The first-order chi connectivity index (χ1) is 18.3. The number of nitrogens with zero attached hydrogens (tertiary/aromatic N) is 3. The molecule has 0 fully saturated rings. The van der Waals surface area contributed by atoms with Crippen molar-refractivity contribution in [3.05, 3.63) is 107 Å². The van der Waals surface area contributed by atoms with E-state index in [-0.39, 0.29) is 12.2 Å². The van der Waals surface area contributed by atoms with E-state index < -0.39 is 12.0 Å². The average Bonchev–Trinajstić information content (AvgIpc) is 3.48. The fourth-order valence-electron chi connectivity index (χ4n) is 4.39. The van der Waals surface area contributed by atoms with Crippen molar-refractivity contribution in [2.75, 3.05) is 25.6 Å². The quantitative estimate of drug-likeness (QED) is 0.298. The van der Waals surface area contributed by atoms with E-state index >= 15 is 0 Å². The molecule has 0 aliphatic carbocycles. The summed E-state index contributed by atoms with van der Waals surface area (Å²) in [6.45, 7) is 3.77. The highest BCUT2D eigenvalue weighted by Gasteiger charge is 2.33. The van der Waals surface area contributed by atoms with Crippen LogP contribution in [0.15, 0.2) is 90.6 Å². The van der Waals surface area contributed by atoms with Crippen molar-refractivity contribution < 1.29 is 13.9 Å². The van der Waals surface area contributed by atoms with Crippen molar-refractivity contribution in [3.63, 3.8) is 0 Å². The monoisotopic (exact) mass is 591 g/mol. The van der Waals surface area contributed by atoms with Crippen LogP contribution in [0, 0.1) is 0 Å². The third kappa shape index (κ3) is 4.91. The Hall–Kier alpha value is -3.69. The molecule has 1 aliphatic heterocycles. The van der Waals surface area contributed by atoms with Crippen molar-refractivity contribution in [1.29, 1.82) is 0 Å². The summed E-state index contributed by atoms with van der Waals surface area (Å²) < 4.78 is 14.4. The molecule has 0 radical (unpaired) electrons. The molecular weight excluding hydrogens is 566 g/mol. The van der Waals surface area contributed by atoms with Crippen molar-refractivity contribution in [2.45, 2.75) is 19.9 Å². The van der Waals surface area contributed by atoms with Crippen LogP contribution in [-0.2, 0) is 9.53 Å². The summed E-state index contributed by atoms with van der Waals surface area (Å²) in [6.07, 6.45) is 1.72. The van der Waals surface area contributed by atoms with Crippen LogP contribution in [0.2, 0.25) is 0 Å². The molecule has 0 N–H and O–H groups in total. The number of carbonyl (C=O) groups is 1. The van der Waals surface area contributed by atoms with Crippen molar-refractivity contribution in [3.8, 4) is 11.3 Å².